The molecule has 0 spiro atoms. The molecule has 2 aromatic heterocycles. The monoisotopic (exact) mass is 255 g/mol. The summed E-state index contributed by atoms with van der Waals surface area (Å²) in [7, 11) is 0. The minimum absolute atomic E-state index is 0.650. The number of anilines is 1. The molecule has 19 heavy (non-hydrogen) atoms. The molecule has 3 rings (SSSR count). The third-order valence-corrected chi connectivity index (χ3v) is 3.46. The van der Waals surface area contributed by atoms with Crippen LogP contribution < -0.4 is 11.3 Å². The van der Waals surface area contributed by atoms with Crippen molar-refractivity contribution in [2.24, 2.45) is 5.84 Å². The smallest absolute Gasteiger partial charge is 0.180 e. The van der Waals surface area contributed by atoms with Crippen molar-refractivity contribution in [3.8, 4) is 11.5 Å². The van der Waals surface area contributed by atoms with Crippen LogP contribution in [0.1, 0.15) is 29.7 Å². The lowest BCUT2D eigenvalue weighted by molar-refractivity contribution is 0.664. The lowest BCUT2D eigenvalue weighted by Gasteiger charge is -2.18. The van der Waals surface area contributed by atoms with Gasteiger partial charge < -0.3 is 5.43 Å². The largest absolute Gasteiger partial charge is 0.308 e. The zero-order valence-electron chi connectivity index (χ0n) is 11.0. The molecule has 0 amide bonds. The Bertz CT molecular complexity index is 592. The number of rotatable bonds is 2. The van der Waals surface area contributed by atoms with Crippen molar-refractivity contribution in [2.75, 3.05) is 5.43 Å². The number of nitrogens with one attached hydrogen (secondary N) is 1. The molecule has 0 saturated heterocycles. The Kier molecular flexibility index (Phi) is 3.13. The minimum atomic E-state index is 0.650. The minimum Gasteiger partial charge on any atom is -0.308 e. The number of aryl methyl sites for hydroxylation is 2. The van der Waals surface area contributed by atoms with Gasteiger partial charge in [0.05, 0.1) is 0 Å². The molecule has 5 heteroatoms. The summed E-state index contributed by atoms with van der Waals surface area (Å²) in [6.07, 6.45) is 6.12. The molecule has 0 fully saturated rings. The first-order chi connectivity index (χ1) is 9.28. The number of hydrazine groups is 1. The highest BCUT2D eigenvalue weighted by Crippen LogP contribution is 2.27. The van der Waals surface area contributed by atoms with Gasteiger partial charge in [0, 0.05) is 17.5 Å². The van der Waals surface area contributed by atoms with E-state index in [2.05, 4.69) is 20.4 Å². The summed E-state index contributed by atoms with van der Waals surface area (Å²) in [4.78, 5) is 13.5. The van der Waals surface area contributed by atoms with Gasteiger partial charge in [-0.05, 0) is 50.3 Å². The van der Waals surface area contributed by atoms with E-state index in [-0.39, 0.29) is 0 Å². The normalized spacial score (nSPS) is 14.0. The van der Waals surface area contributed by atoms with Crippen molar-refractivity contribution < 1.29 is 0 Å². The zero-order valence-corrected chi connectivity index (χ0v) is 11.0. The van der Waals surface area contributed by atoms with Crippen molar-refractivity contribution in [2.45, 2.75) is 32.6 Å². The molecule has 0 aromatic carbocycles. The predicted octanol–water partition coefficient (Wildman–Crippen LogP) is 2.01. The Hall–Kier alpha value is -2.01. The van der Waals surface area contributed by atoms with Crippen LogP contribution in [-0.4, -0.2) is 15.0 Å². The van der Waals surface area contributed by atoms with Gasteiger partial charge in [0.15, 0.2) is 5.82 Å². The van der Waals surface area contributed by atoms with Crippen molar-refractivity contribution in [1.82, 2.24) is 15.0 Å². The summed E-state index contributed by atoms with van der Waals surface area (Å²) in [5.74, 6) is 6.98. The van der Waals surface area contributed by atoms with Crippen LogP contribution in [0.25, 0.3) is 11.5 Å². The average Bonchev–Trinajstić information content (AvgIpc) is 2.46. The van der Waals surface area contributed by atoms with Gasteiger partial charge in [-0.3, -0.25) is 4.98 Å². The molecule has 2 aromatic rings. The standard InChI is InChI=1S/C14H17N5/c1-9-6-7-16-12(8-9)14-17-11-5-3-2-4-10(11)13(18-14)19-15/h6-8H,2-5,15H2,1H3,(H,17,18,19). The first-order valence-corrected chi connectivity index (χ1v) is 6.57. The zero-order chi connectivity index (χ0) is 13.2. The van der Waals surface area contributed by atoms with Crippen molar-refractivity contribution in [3.63, 3.8) is 0 Å². The molecular weight excluding hydrogens is 238 g/mol. The van der Waals surface area contributed by atoms with Gasteiger partial charge in [-0.1, -0.05) is 0 Å². The average molecular weight is 255 g/mol. The van der Waals surface area contributed by atoms with Gasteiger partial charge in [0.2, 0.25) is 0 Å². The molecule has 98 valence electrons. The lowest BCUT2D eigenvalue weighted by atomic mass is 9.96. The molecule has 3 N–H and O–H groups in total. The Labute approximate surface area is 112 Å². The van der Waals surface area contributed by atoms with Crippen LogP contribution in [0.15, 0.2) is 18.3 Å². The maximum atomic E-state index is 5.59. The van der Waals surface area contributed by atoms with E-state index in [4.69, 9.17) is 5.84 Å². The molecule has 0 aliphatic heterocycles. The summed E-state index contributed by atoms with van der Waals surface area (Å²) < 4.78 is 0. The molecule has 0 radical (unpaired) electrons. The van der Waals surface area contributed by atoms with Gasteiger partial charge in [-0.15, -0.1) is 0 Å². The fraction of sp³-hybridized carbons (Fsp3) is 0.357. The highest BCUT2D eigenvalue weighted by atomic mass is 15.3. The molecular formula is C14H17N5. The van der Waals surface area contributed by atoms with Gasteiger partial charge in [0.25, 0.3) is 0 Å². The van der Waals surface area contributed by atoms with Gasteiger partial charge in [-0.25, -0.2) is 15.8 Å². The number of aromatic nitrogens is 3. The molecule has 5 nitrogen and oxygen atoms in total. The second kappa shape index (κ2) is 4.93. The number of fused-ring (bicyclic) bond motifs is 1. The molecule has 2 heterocycles. The van der Waals surface area contributed by atoms with Crippen LogP contribution in [0, 0.1) is 6.92 Å². The number of nitrogens with two attached hydrogens (primary N) is 1. The van der Waals surface area contributed by atoms with E-state index in [9.17, 15) is 0 Å². The number of pyridine rings is 1. The second-order valence-electron chi connectivity index (χ2n) is 4.89. The van der Waals surface area contributed by atoms with Crippen LogP contribution in [0.2, 0.25) is 0 Å². The van der Waals surface area contributed by atoms with E-state index >= 15 is 0 Å². The fourth-order valence-corrected chi connectivity index (χ4v) is 2.49. The molecule has 0 saturated carbocycles. The van der Waals surface area contributed by atoms with Crippen LogP contribution in [0.4, 0.5) is 5.82 Å². The summed E-state index contributed by atoms with van der Waals surface area (Å²) in [5.41, 5.74) is 6.91. The lowest BCUT2D eigenvalue weighted by Crippen LogP contribution is -2.17. The third kappa shape index (κ3) is 2.29. The van der Waals surface area contributed by atoms with Gasteiger partial charge in [0.1, 0.15) is 11.5 Å². The summed E-state index contributed by atoms with van der Waals surface area (Å²) >= 11 is 0. The van der Waals surface area contributed by atoms with E-state index < -0.39 is 0 Å². The van der Waals surface area contributed by atoms with Crippen molar-refractivity contribution in [1.29, 1.82) is 0 Å². The topological polar surface area (TPSA) is 76.7 Å². The first kappa shape index (κ1) is 12.0. The van der Waals surface area contributed by atoms with E-state index in [0.29, 0.717) is 5.82 Å². The predicted molar refractivity (Wildman–Crippen MR) is 74.5 cm³/mol. The Morgan fingerprint density at radius 3 is 2.84 bits per heavy atom. The second-order valence-corrected chi connectivity index (χ2v) is 4.89. The number of hydrogen-bond donors (Lipinski definition) is 2. The number of nitrogens with zero attached hydrogens (tertiary/aromatic N) is 3. The van der Waals surface area contributed by atoms with Crippen LogP contribution in [0.3, 0.4) is 0 Å². The van der Waals surface area contributed by atoms with Gasteiger partial charge in [-0.2, -0.15) is 0 Å². The summed E-state index contributed by atoms with van der Waals surface area (Å²) in [6.45, 7) is 2.03. The van der Waals surface area contributed by atoms with Crippen LogP contribution >= 0.6 is 0 Å². The van der Waals surface area contributed by atoms with E-state index in [0.717, 1.165) is 41.2 Å². The summed E-state index contributed by atoms with van der Waals surface area (Å²) in [6, 6.07) is 3.95. The Morgan fingerprint density at radius 2 is 2.05 bits per heavy atom. The third-order valence-electron chi connectivity index (χ3n) is 3.46. The fourth-order valence-electron chi connectivity index (χ4n) is 2.49. The molecule has 0 unspecified atom stereocenters. The quantitative estimate of drug-likeness (QED) is 0.634. The van der Waals surface area contributed by atoms with E-state index in [1.54, 1.807) is 6.20 Å². The SMILES string of the molecule is Cc1ccnc(-c2nc3c(c(NN)n2)CCCC3)c1. The maximum absolute atomic E-state index is 5.59. The molecule has 0 bridgehead atoms. The van der Waals surface area contributed by atoms with E-state index in [1.807, 2.05) is 19.1 Å². The maximum Gasteiger partial charge on any atom is 0.180 e. The molecule has 1 aliphatic rings. The summed E-state index contributed by atoms with van der Waals surface area (Å²) in [5, 5.41) is 0. The van der Waals surface area contributed by atoms with Crippen LogP contribution in [-0.2, 0) is 12.8 Å². The first-order valence-electron chi connectivity index (χ1n) is 6.57. The van der Waals surface area contributed by atoms with Crippen molar-refractivity contribution >= 4 is 5.82 Å². The Morgan fingerprint density at radius 1 is 1.21 bits per heavy atom. The van der Waals surface area contributed by atoms with Crippen LogP contribution in [0.5, 0.6) is 0 Å². The highest BCUT2D eigenvalue weighted by Gasteiger charge is 2.18. The number of nitrogen functional groups attached to an aromatic ring is 1. The Balaban J connectivity index is 2.12. The van der Waals surface area contributed by atoms with E-state index in [1.165, 1.54) is 12.8 Å². The van der Waals surface area contributed by atoms with Crippen molar-refractivity contribution in [3.05, 3.63) is 35.2 Å². The highest BCUT2D eigenvalue weighted by molar-refractivity contribution is 5.57. The van der Waals surface area contributed by atoms with Gasteiger partial charge >= 0.3 is 0 Å². The number of hydrogen-bond acceptors (Lipinski definition) is 5. The molecule has 1 aliphatic carbocycles. The molecule has 0 atom stereocenters.